The van der Waals surface area contributed by atoms with Crippen molar-refractivity contribution in [1.29, 1.82) is 0 Å². The van der Waals surface area contributed by atoms with Crippen molar-refractivity contribution in [2.24, 2.45) is 0 Å². The van der Waals surface area contributed by atoms with Crippen LogP contribution in [0.4, 0.5) is 13.2 Å². The van der Waals surface area contributed by atoms with E-state index in [1.807, 2.05) is 6.07 Å². The maximum absolute atomic E-state index is 14.4. The summed E-state index contributed by atoms with van der Waals surface area (Å²) in [5.41, 5.74) is 3.41. The lowest BCUT2D eigenvalue weighted by Crippen LogP contribution is -1.91. The normalized spacial score (nSPS) is 10.9. The second-order valence-corrected chi connectivity index (χ2v) is 5.99. The molecule has 0 bridgehead atoms. The summed E-state index contributed by atoms with van der Waals surface area (Å²) in [4.78, 5) is 3.38. The molecule has 0 fully saturated rings. The van der Waals surface area contributed by atoms with Crippen molar-refractivity contribution < 1.29 is 13.2 Å². The molecular formula is C21H18F3N. The van der Waals surface area contributed by atoms with Gasteiger partial charge in [0.1, 0.15) is 5.82 Å². The molecule has 0 amide bonds. The number of unbranched alkanes of at least 4 members (excludes halogenated alkanes) is 1. The summed E-state index contributed by atoms with van der Waals surface area (Å²) in [7, 11) is 0. The quantitative estimate of drug-likeness (QED) is 0.505. The minimum atomic E-state index is -1.12. The predicted molar refractivity (Wildman–Crippen MR) is 93.6 cm³/mol. The number of hydrogen-bond acceptors (Lipinski definition) is 1. The van der Waals surface area contributed by atoms with Crippen molar-refractivity contribution in [2.45, 2.75) is 26.2 Å². The molecule has 1 aromatic heterocycles. The molecular weight excluding hydrogens is 323 g/mol. The molecule has 2 aromatic carbocycles. The zero-order chi connectivity index (χ0) is 17.8. The molecule has 0 radical (unpaired) electrons. The van der Waals surface area contributed by atoms with Gasteiger partial charge in [-0.3, -0.25) is 0 Å². The van der Waals surface area contributed by atoms with E-state index in [-0.39, 0.29) is 5.82 Å². The number of benzene rings is 2. The molecule has 0 aliphatic rings. The molecule has 25 heavy (non-hydrogen) atoms. The highest BCUT2D eigenvalue weighted by atomic mass is 19.2. The third-order valence-electron chi connectivity index (χ3n) is 4.18. The SMILES string of the molecule is CCCCc1ccc(-c2ccc(-c3cnc(F)c(F)c3)cc2)c(F)c1. The first-order valence-electron chi connectivity index (χ1n) is 8.28. The van der Waals surface area contributed by atoms with Crippen molar-refractivity contribution in [3.8, 4) is 22.3 Å². The number of aromatic nitrogens is 1. The summed E-state index contributed by atoms with van der Waals surface area (Å²) in [6, 6.07) is 13.4. The smallest absolute Gasteiger partial charge is 0.225 e. The second kappa shape index (κ2) is 7.51. The van der Waals surface area contributed by atoms with E-state index in [0.29, 0.717) is 16.7 Å². The highest BCUT2D eigenvalue weighted by Crippen LogP contribution is 2.27. The maximum atomic E-state index is 14.4. The number of rotatable bonds is 5. The molecule has 0 spiro atoms. The molecule has 4 heteroatoms. The van der Waals surface area contributed by atoms with Crippen LogP contribution in [-0.4, -0.2) is 4.98 Å². The van der Waals surface area contributed by atoms with Crippen LogP contribution in [0.1, 0.15) is 25.3 Å². The van der Waals surface area contributed by atoms with E-state index in [1.165, 1.54) is 6.20 Å². The number of aryl methyl sites for hydroxylation is 1. The molecule has 3 rings (SSSR count). The van der Waals surface area contributed by atoms with Crippen LogP contribution < -0.4 is 0 Å². The van der Waals surface area contributed by atoms with Gasteiger partial charge in [-0.2, -0.15) is 4.39 Å². The third kappa shape index (κ3) is 3.90. The van der Waals surface area contributed by atoms with Crippen LogP contribution in [-0.2, 0) is 6.42 Å². The highest BCUT2D eigenvalue weighted by molar-refractivity contribution is 5.70. The van der Waals surface area contributed by atoms with Gasteiger partial charge in [0.25, 0.3) is 0 Å². The maximum Gasteiger partial charge on any atom is 0.248 e. The minimum Gasteiger partial charge on any atom is -0.225 e. The van der Waals surface area contributed by atoms with Crippen molar-refractivity contribution in [2.75, 3.05) is 0 Å². The topological polar surface area (TPSA) is 12.9 Å². The summed E-state index contributed by atoms with van der Waals surface area (Å²) in [5, 5.41) is 0. The Morgan fingerprint density at radius 2 is 1.52 bits per heavy atom. The molecule has 0 saturated heterocycles. The van der Waals surface area contributed by atoms with E-state index in [2.05, 4.69) is 11.9 Å². The van der Waals surface area contributed by atoms with Crippen LogP contribution in [0.5, 0.6) is 0 Å². The van der Waals surface area contributed by atoms with Gasteiger partial charge in [0, 0.05) is 17.3 Å². The Hall–Kier alpha value is -2.62. The Morgan fingerprint density at radius 1 is 0.800 bits per heavy atom. The van der Waals surface area contributed by atoms with E-state index in [1.54, 1.807) is 36.4 Å². The predicted octanol–water partition coefficient (Wildman–Crippen LogP) is 6.18. The van der Waals surface area contributed by atoms with E-state index in [9.17, 15) is 13.2 Å². The summed E-state index contributed by atoms with van der Waals surface area (Å²) in [6.07, 6.45) is 4.26. The molecule has 0 atom stereocenters. The van der Waals surface area contributed by atoms with Gasteiger partial charge in [-0.05, 0) is 41.7 Å². The molecule has 0 aliphatic heterocycles. The second-order valence-electron chi connectivity index (χ2n) is 5.99. The molecule has 1 nitrogen and oxygen atoms in total. The number of nitrogens with zero attached hydrogens (tertiary/aromatic N) is 1. The summed E-state index contributed by atoms with van der Waals surface area (Å²) in [6.45, 7) is 2.11. The lowest BCUT2D eigenvalue weighted by molar-refractivity contribution is 0.480. The fourth-order valence-corrected chi connectivity index (χ4v) is 2.75. The summed E-state index contributed by atoms with van der Waals surface area (Å²) >= 11 is 0. The molecule has 0 N–H and O–H groups in total. The van der Waals surface area contributed by atoms with Crippen molar-refractivity contribution in [3.05, 3.63) is 77.9 Å². The van der Waals surface area contributed by atoms with Crippen LogP contribution in [0.3, 0.4) is 0 Å². The van der Waals surface area contributed by atoms with Crippen LogP contribution >= 0.6 is 0 Å². The molecule has 0 saturated carbocycles. The standard InChI is InChI=1S/C21H18F3N/c1-2-3-4-14-5-10-18(19(22)11-14)16-8-6-15(7-9-16)17-12-20(23)21(24)25-13-17/h5-13H,2-4H2,1H3. The number of pyridine rings is 1. The van der Waals surface area contributed by atoms with Gasteiger partial charge in [0.05, 0.1) is 0 Å². The minimum absolute atomic E-state index is 0.254. The summed E-state index contributed by atoms with van der Waals surface area (Å²) in [5.74, 6) is -2.36. The van der Waals surface area contributed by atoms with E-state index >= 15 is 0 Å². The Bertz CT molecular complexity index is 873. The zero-order valence-electron chi connectivity index (χ0n) is 13.9. The molecule has 1 heterocycles. The Labute approximate surface area is 145 Å². The van der Waals surface area contributed by atoms with Crippen LogP contribution in [0.2, 0.25) is 0 Å². The fourth-order valence-electron chi connectivity index (χ4n) is 2.75. The van der Waals surface area contributed by atoms with Gasteiger partial charge < -0.3 is 0 Å². The van der Waals surface area contributed by atoms with E-state index < -0.39 is 11.8 Å². The van der Waals surface area contributed by atoms with Gasteiger partial charge in [-0.15, -0.1) is 0 Å². The first kappa shape index (κ1) is 17.2. The van der Waals surface area contributed by atoms with E-state index in [0.717, 1.165) is 36.5 Å². The van der Waals surface area contributed by atoms with Crippen molar-refractivity contribution >= 4 is 0 Å². The van der Waals surface area contributed by atoms with Crippen LogP contribution in [0.25, 0.3) is 22.3 Å². The Kier molecular flexibility index (Phi) is 5.17. The monoisotopic (exact) mass is 341 g/mol. The molecule has 3 aromatic rings. The third-order valence-corrected chi connectivity index (χ3v) is 4.18. The molecule has 128 valence electrons. The van der Waals surface area contributed by atoms with Crippen LogP contribution in [0.15, 0.2) is 54.7 Å². The van der Waals surface area contributed by atoms with E-state index in [4.69, 9.17) is 0 Å². The Morgan fingerprint density at radius 3 is 2.16 bits per heavy atom. The molecule has 0 aliphatic carbocycles. The van der Waals surface area contributed by atoms with Gasteiger partial charge in [-0.1, -0.05) is 49.7 Å². The molecule has 0 unspecified atom stereocenters. The summed E-state index contributed by atoms with van der Waals surface area (Å²) < 4.78 is 40.6. The average Bonchev–Trinajstić information content (AvgIpc) is 2.62. The van der Waals surface area contributed by atoms with Gasteiger partial charge >= 0.3 is 0 Å². The van der Waals surface area contributed by atoms with Gasteiger partial charge in [0.15, 0.2) is 5.82 Å². The van der Waals surface area contributed by atoms with Gasteiger partial charge in [-0.25, -0.2) is 13.8 Å². The van der Waals surface area contributed by atoms with Crippen LogP contribution in [0, 0.1) is 17.6 Å². The lowest BCUT2D eigenvalue weighted by Gasteiger charge is -2.08. The van der Waals surface area contributed by atoms with Crippen molar-refractivity contribution in [1.82, 2.24) is 4.98 Å². The average molecular weight is 341 g/mol. The number of hydrogen-bond donors (Lipinski definition) is 0. The highest BCUT2D eigenvalue weighted by Gasteiger charge is 2.09. The fraction of sp³-hybridized carbons (Fsp3) is 0.190. The number of halogens is 3. The first-order chi connectivity index (χ1) is 12.1. The first-order valence-corrected chi connectivity index (χ1v) is 8.28. The van der Waals surface area contributed by atoms with Gasteiger partial charge in [0.2, 0.25) is 5.95 Å². The lowest BCUT2D eigenvalue weighted by atomic mass is 9.98. The van der Waals surface area contributed by atoms with Crippen molar-refractivity contribution in [3.63, 3.8) is 0 Å². The zero-order valence-corrected chi connectivity index (χ0v) is 13.9. The Balaban J connectivity index is 1.86. The largest absolute Gasteiger partial charge is 0.248 e.